The third-order valence-corrected chi connectivity index (χ3v) is 0.858. The molecule has 0 aliphatic carbocycles. The Labute approximate surface area is 46.5 Å². The molecule has 0 bridgehead atoms. The molecule has 0 aliphatic rings. The Morgan fingerprint density at radius 2 is 2.38 bits per heavy atom. The molecule has 0 unspecified atom stereocenters. The second-order valence-electron chi connectivity index (χ2n) is 1.49. The van der Waals surface area contributed by atoms with Gasteiger partial charge in [0.05, 0.1) is 5.69 Å². The summed E-state index contributed by atoms with van der Waals surface area (Å²) in [6, 6.07) is 3.27. The predicted molar refractivity (Wildman–Crippen MR) is 30.6 cm³/mol. The van der Waals surface area contributed by atoms with Crippen molar-refractivity contribution in [3.8, 4) is 0 Å². The molecule has 3 nitrogen and oxygen atoms in total. The molecule has 0 fully saturated rings. The normalized spacial score (nSPS) is 9.00. The molecule has 1 aromatic heterocycles. The van der Waals surface area contributed by atoms with Crippen molar-refractivity contribution in [3.63, 3.8) is 0 Å². The summed E-state index contributed by atoms with van der Waals surface area (Å²) < 4.78 is 0. The zero-order chi connectivity index (χ0) is 5.98. The number of hydrogen-bond donors (Lipinski definition) is 2. The van der Waals surface area contributed by atoms with E-state index in [-0.39, 0.29) is 0 Å². The maximum Gasteiger partial charge on any atom is 0.166 e. The van der Waals surface area contributed by atoms with Crippen LogP contribution in [-0.2, 0) is 0 Å². The minimum absolute atomic E-state index is 0.516. The number of aromatic amines is 1. The number of rotatable bonds is 1. The lowest BCUT2D eigenvalue weighted by atomic mass is 10.5. The maximum absolute atomic E-state index is 9.93. The molecule has 0 saturated carbocycles. The number of anilines is 1. The SMILES string of the molecule is Nc1ccc(C=O)[nH]1. The van der Waals surface area contributed by atoms with Gasteiger partial charge < -0.3 is 10.7 Å². The van der Waals surface area contributed by atoms with Crippen LogP contribution in [0.4, 0.5) is 5.82 Å². The quantitative estimate of drug-likeness (QED) is 0.514. The number of nitrogens with two attached hydrogens (primary N) is 1. The molecule has 1 heterocycles. The van der Waals surface area contributed by atoms with Gasteiger partial charge in [0, 0.05) is 0 Å². The van der Waals surface area contributed by atoms with E-state index in [1.54, 1.807) is 12.1 Å². The summed E-state index contributed by atoms with van der Waals surface area (Å²) in [5, 5.41) is 0. The number of carbonyl (C=O) groups is 1. The molecule has 42 valence electrons. The van der Waals surface area contributed by atoms with Crippen molar-refractivity contribution in [2.75, 3.05) is 5.73 Å². The predicted octanol–water partition coefficient (Wildman–Crippen LogP) is 0.409. The van der Waals surface area contributed by atoms with Crippen LogP contribution in [-0.4, -0.2) is 11.3 Å². The van der Waals surface area contributed by atoms with E-state index in [2.05, 4.69) is 4.98 Å². The van der Waals surface area contributed by atoms with Gasteiger partial charge in [-0.3, -0.25) is 4.79 Å². The number of carbonyl (C=O) groups excluding carboxylic acids is 1. The zero-order valence-electron chi connectivity index (χ0n) is 4.22. The van der Waals surface area contributed by atoms with Gasteiger partial charge in [-0.2, -0.15) is 0 Å². The first-order chi connectivity index (χ1) is 3.83. The van der Waals surface area contributed by atoms with Gasteiger partial charge in [0.2, 0.25) is 0 Å². The zero-order valence-corrected chi connectivity index (χ0v) is 4.22. The first-order valence-electron chi connectivity index (χ1n) is 2.22. The van der Waals surface area contributed by atoms with Crippen molar-refractivity contribution in [2.45, 2.75) is 0 Å². The number of aromatic nitrogens is 1. The summed E-state index contributed by atoms with van der Waals surface area (Å²) in [5.74, 6) is 0.520. The highest BCUT2D eigenvalue weighted by molar-refractivity contribution is 5.73. The number of aldehydes is 1. The average molecular weight is 110 g/mol. The van der Waals surface area contributed by atoms with Crippen molar-refractivity contribution in [1.29, 1.82) is 0 Å². The number of hydrogen-bond acceptors (Lipinski definition) is 2. The van der Waals surface area contributed by atoms with E-state index in [1.165, 1.54) is 0 Å². The fraction of sp³-hybridized carbons (Fsp3) is 0. The van der Waals surface area contributed by atoms with Crippen molar-refractivity contribution in [1.82, 2.24) is 4.98 Å². The van der Waals surface area contributed by atoms with Crippen molar-refractivity contribution >= 4 is 12.1 Å². The molecule has 0 atom stereocenters. The first-order valence-corrected chi connectivity index (χ1v) is 2.22. The average Bonchev–Trinajstić information content (AvgIpc) is 2.14. The van der Waals surface area contributed by atoms with Gasteiger partial charge in [-0.1, -0.05) is 0 Å². The van der Waals surface area contributed by atoms with E-state index in [0.717, 1.165) is 6.29 Å². The summed E-state index contributed by atoms with van der Waals surface area (Å²) in [5.41, 5.74) is 5.76. The summed E-state index contributed by atoms with van der Waals surface area (Å²) in [6.45, 7) is 0. The monoisotopic (exact) mass is 110 g/mol. The maximum atomic E-state index is 9.93. The van der Waals surface area contributed by atoms with Crippen LogP contribution in [0.2, 0.25) is 0 Å². The number of nitrogens with one attached hydrogen (secondary N) is 1. The lowest BCUT2D eigenvalue weighted by Gasteiger charge is -1.77. The second-order valence-corrected chi connectivity index (χ2v) is 1.49. The highest BCUT2D eigenvalue weighted by Gasteiger charge is 1.88. The number of H-pyrrole nitrogens is 1. The Balaban J connectivity index is 3.00. The van der Waals surface area contributed by atoms with E-state index in [4.69, 9.17) is 5.73 Å². The van der Waals surface area contributed by atoms with Crippen molar-refractivity contribution in [2.24, 2.45) is 0 Å². The molecule has 0 radical (unpaired) electrons. The standard InChI is InChI=1S/C5H6N2O/c6-5-2-1-4(3-8)7-5/h1-3,7H,6H2. The van der Waals surface area contributed by atoms with Crippen molar-refractivity contribution in [3.05, 3.63) is 17.8 Å². The smallest absolute Gasteiger partial charge is 0.166 e. The highest BCUT2D eigenvalue weighted by Crippen LogP contribution is 1.98. The summed E-state index contributed by atoms with van der Waals surface area (Å²) in [6.07, 6.45) is 0.719. The molecule has 0 saturated heterocycles. The minimum Gasteiger partial charge on any atom is -0.385 e. The Morgan fingerprint density at radius 1 is 1.62 bits per heavy atom. The molecule has 1 aromatic rings. The van der Waals surface area contributed by atoms with Crippen LogP contribution in [0.5, 0.6) is 0 Å². The van der Waals surface area contributed by atoms with Gasteiger partial charge in [-0.15, -0.1) is 0 Å². The Bertz CT molecular complexity index is 192. The third kappa shape index (κ3) is 0.703. The van der Waals surface area contributed by atoms with Gasteiger partial charge in [-0.05, 0) is 12.1 Å². The molecule has 0 aromatic carbocycles. The molecule has 3 N–H and O–H groups in total. The second kappa shape index (κ2) is 1.69. The molecule has 0 spiro atoms. The van der Waals surface area contributed by atoms with Crippen LogP contribution < -0.4 is 5.73 Å². The van der Waals surface area contributed by atoms with E-state index in [1.807, 2.05) is 0 Å². The summed E-state index contributed by atoms with van der Waals surface area (Å²) >= 11 is 0. The first kappa shape index (κ1) is 4.90. The van der Waals surface area contributed by atoms with Crippen LogP contribution in [0, 0.1) is 0 Å². The molecule has 1 rings (SSSR count). The Hall–Kier alpha value is -1.25. The van der Waals surface area contributed by atoms with Gasteiger partial charge in [0.25, 0.3) is 0 Å². The largest absolute Gasteiger partial charge is 0.385 e. The lowest BCUT2D eigenvalue weighted by molar-refractivity contribution is 0.111. The molecule has 0 aliphatic heterocycles. The van der Waals surface area contributed by atoms with E-state index in [9.17, 15) is 4.79 Å². The summed E-state index contributed by atoms with van der Waals surface area (Å²) in [7, 11) is 0. The van der Waals surface area contributed by atoms with Gasteiger partial charge in [0.15, 0.2) is 6.29 Å². The molecule has 8 heavy (non-hydrogen) atoms. The topological polar surface area (TPSA) is 58.9 Å². The third-order valence-electron chi connectivity index (χ3n) is 0.858. The number of nitrogen functional groups attached to an aromatic ring is 1. The van der Waals surface area contributed by atoms with Gasteiger partial charge >= 0.3 is 0 Å². The minimum atomic E-state index is 0.516. The highest BCUT2D eigenvalue weighted by atomic mass is 16.1. The van der Waals surface area contributed by atoms with Crippen molar-refractivity contribution < 1.29 is 4.79 Å². The van der Waals surface area contributed by atoms with E-state index >= 15 is 0 Å². The van der Waals surface area contributed by atoms with Gasteiger partial charge in [0.1, 0.15) is 5.82 Å². The van der Waals surface area contributed by atoms with Crippen LogP contribution >= 0.6 is 0 Å². The Morgan fingerprint density at radius 3 is 2.62 bits per heavy atom. The van der Waals surface area contributed by atoms with E-state index < -0.39 is 0 Å². The van der Waals surface area contributed by atoms with Crippen LogP contribution in [0.1, 0.15) is 10.5 Å². The molecular formula is C5H6N2O. The molecular weight excluding hydrogens is 104 g/mol. The summed E-state index contributed by atoms with van der Waals surface area (Å²) in [4.78, 5) is 12.6. The molecule has 0 amide bonds. The van der Waals surface area contributed by atoms with Crippen LogP contribution in [0.15, 0.2) is 12.1 Å². The van der Waals surface area contributed by atoms with E-state index in [0.29, 0.717) is 11.5 Å². The van der Waals surface area contributed by atoms with Crippen LogP contribution in [0.3, 0.4) is 0 Å². The molecule has 3 heteroatoms. The Kier molecular flexibility index (Phi) is 1.04. The van der Waals surface area contributed by atoms with Crippen LogP contribution in [0.25, 0.3) is 0 Å². The fourth-order valence-corrected chi connectivity index (χ4v) is 0.498. The fourth-order valence-electron chi connectivity index (χ4n) is 0.498. The lowest BCUT2D eigenvalue weighted by Crippen LogP contribution is -1.83. The van der Waals surface area contributed by atoms with Gasteiger partial charge in [-0.25, -0.2) is 0 Å².